The van der Waals surface area contributed by atoms with Gasteiger partial charge in [-0.05, 0) is 57.4 Å². The molecule has 0 aliphatic heterocycles. The second-order valence-corrected chi connectivity index (χ2v) is 15.2. The quantitative estimate of drug-likeness (QED) is 0.307. The Morgan fingerprint density at radius 1 is 0.750 bits per heavy atom. The maximum atomic E-state index is 6.06. The van der Waals surface area contributed by atoms with E-state index in [0.717, 1.165) is 25.6 Å². The molecular formula is C22H43NO3Si2. The fourth-order valence-corrected chi connectivity index (χ4v) is 10.8. The standard InChI is InChI=1S/C22H43NO3Si2/c1-7-24-28(25-8-2,26-9-3)20-16-19-23(27(10-4,11-5)12-6)21-22-17-14-13-15-18-22/h13-15,17-18H,7-12,16,19-21H2,1-6H3. The molecule has 0 saturated carbocycles. The first kappa shape index (κ1) is 25.5. The Hall–Kier alpha value is -0.506. The lowest BCUT2D eigenvalue weighted by Gasteiger charge is -2.41. The first-order valence-corrected chi connectivity index (χ1v) is 15.8. The van der Waals surface area contributed by atoms with Crippen LogP contribution in [0.2, 0.25) is 24.2 Å². The average Bonchev–Trinajstić information content (AvgIpc) is 2.71. The van der Waals surface area contributed by atoms with E-state index in [1.165, 1.54) is 23.7 Å². The Balaban J connectivity index is 2.92. The van der Waals surface area contributed by atoms with Gasteiger partial charge in [-0.15, -0.1) is 0 Å². The van der Waals surface area contributed by atoms with Gasteiger partial charge in [-0.1, -0.05) is 51.1 Å². The van der Waals surface area contributed by atoms with Crippen molar-refractivity contribution in [1.29, 1.82) is 0 Å². The lowest BCUT2D eigenvalue weighted by atomic mass is 10.2. The summed E-state index contributed by atoms with van der Waals surface area (Å²) in [4.78, 5) is 0. The molecule has 0 N–H and O–H groups in total. The molecule has 0 atom stereocenters. The molecule has 0 amide bonds. The molecule has 0 aliphatic rings. The zero-order valence-corrected chi connectivity index (χ0v) is 21.1. The predicted octanol–water partition coefficient (Wildman–Crippen LogP) is 5.93. The van der Waals surface area contributed by atoms with Crippen molar-refractivity contribution in [2.75, 3.05) is 26.4 Å². The summed E-state index contributed by atoms with van der Waals surface area (Å²) >= 11 is 0. The fraction of sp³-hybridized carbons (Fsp3) is 0.727. The third-order valence-corrected chi connectivity index (χ3v) is 14.7. The molecule has 162 valence electrons. The summed E-state index contributed by atoms with van der Waals surface area (Å²) in [6.45, 7) is 17.4. The highest BCUT2D eigenvalue weighted by Crippen LogP contribution is 2.28. The summed E-state index contributed by atoms with van der Waals surface area (Å²) in [6, 6.07) is 15.7. The van der Waals surface area contributed by atoms with Crippen LogP contribution in [0.25, 0.3) is 0 Å². The zero-order valence-electron chi connectivity index (χ0n) is 19.1. The molecule has 0 heterocycles. The topological polar surface area (TPSA) is 30.9 Å². The maximum Gasteiger partial charge on any atom is 0.500 e. The summed E-state index contributed by atoms with van der Waals surface area (Å²) in [5, 5.41) is 0. The van der Waals surface area contributed by atoms with Crippen molar-refractivity contribution < 1.29 is 13.3 Å². The van der Waals surface area contributed by atoms with Gasteiger partial charge in [-0.25, -0.2) is 0 Å². The van der Waals surface area contributed by atoms with E-state index >= 15 is 0 Å². The minimum atomic E-state index is -2.56. The zero-order chi connectivity index (χ0) is 20.9. The van der Waals surface area contributed by atoms with E-state index in [2.05, 4.69) is 55.7 Å². The van der Waals surface area contributed by atoms with Crippen LogP contribution in [0, 0.1) is 0 Å². The number of rotatable bonds is 16. The Kier molecular flexibility index (Phi) is 12.5. The molecule has 28 heavy (non-hydrogen) atoms. The van der Waals surface area contributed by atoms with Crippen LogP contribution in [-0.2, 0) is 19.8 Å². The van der Waals surface area contributed by atoms with Gasteiger partial charge >= 0.3 is 8.80 Å². The van der Waals surface area contributed by atoms with Gasteiger partial charge in [0.05, 0.1) is 0 Å². The van der Waals surface area contributed by atoms with Crippen molar-refractivity contribution in [1.82, 2.24) is 4.57 Å². The van der Waals surface area contributed by atoms with Crippen LogP contribution in [0.3, 0.4) is 0 Å². The monoisotopic (exact) mass is 425 g/mol. The van der Waals surface area contributed by atoms with E-state index < -0.39 is 17.0 Å². The third-order valence-electron chi connectivity index (χ3n) is 5.87. The van der Waals surface area contributed by atoms with Gasteiger partial charge in [0.1, 0.15) is 8.24 Å². The van der Waals surface area contributed by atoms with Gasteiger partial charge < -0.3 is 17.8 Å². The van der Waals surface area contributed by atoms with E-state index in [1.807, 2.05) is 20.8 Å². The van der Waals surface area contributed by atoms with Crippen molar-refractivity contribution in [2.24, 2.45) is 0 Å². The first-order valence-electron chi connectivity index (χ1n) is 11.3. The second kappa shape index (κ2) is 13.7. The number of hydrogen-bond acceptors (Lipinski definition) is 4. The van der Waals surface area contributed by atoms with E-state index in [9.17, 15) is 0 Å². The number of benzene rings is 1. The van der Waals surface area contributed by atoms with Gasteiger partial charge in [0.15, 0.2) is 0 Å². The Bertz CT molecular complexity index is 486. The van der Waals surface area contributed by atoms with Crippen molar-refractivity contribution in [3.8, 4) is 0 Å². The van der Waals surface area contributed by atoms with Crippen molar-refractivity contribution in [3.05, 3.63) is 35.9 Å². The summed E-state index contributed by atoms with van der Waals surface area (Å²) in [6.07, 6.45) is 1.06. The summed E-state index contributed by atoms with van der Waals surface area (Å²) < 4.78 is 21.0. The second-order valence-electron chi connectivity index (χ2n) is 7.28. The highest BCUT2D eigenvalue weighted by Gasteiger charge is 2.41. The Morgan fingerprint density at radius 2 is 1.25 bits per heavy atom. The largest absolute Gasteiger partial charge is 0.500 e. The molecule has 6 heteroatoms. The van der Waals surface area contributed by atoms with Crippen LogP contribution in [0.15, 0.2) is 30.3 Å². The van der Waals surface area contributed by atoms with Crippen molar-refractivity contribution >= 4 is 17.0 Å². The minimum absolute atomic E-state index is 0.650. The first-order chi connectivity index (χ1) is 13.5. The molecule has 4 nitrogen and oxygen atoms in total. The molecule has 0 radical (unpaired) electrons. The predicted molar refractivity (Wildman–Crippen MR) is 124 cm³/mol. The van der Waals surface area contributed by atoms with Gasteiger partial charge in [0, 0.05) is 32.4 Å². The minimum Gasteiger partial charge on any atom is -0.374 e. The van der Waals surface area contributed by atoms with Crippen LogP contribution in [-0.4, -0.2) is 48.0 Å². The Labute approximate surface area is 176 Å². The van der Waals surface area contributed by atoms with Crippen LogP contribution >= 0.6 is 0 Å². The molecule has 1 rings (SSSR count). The maximum absolute atomic E-state index is 6.06. The molecule has 0 aliphatic carbocycles. The van der Waals surface area contributed by atoms with Crippen LogP contribution < -0.4 is 0 Å². The third kappa shape index (κ3) is 7.39. The molecule has 0 aromatic heterocycles. The highest BCUT2D eigenvalue weighted by molar-refractivity contribution is 6.77. The summed E-state index contributed by atoms with van der Waals surface area (Å²) in [5.74, 6) is 0. The molecule has 1 aromatic carbocycles. The highest BCUT2D eigenvalue weighted by atomic mass is 28.4. The normalized spacial score (nSPS) is 12.7. The summed E-state index contributed by atoms with van der Waals surface area (Å²) in [7, 11) is -4.01. The van der Waals surface area contributed by atoms with Crippen LogP contribution in [0.1, 0.15) is 53.5 Å². The van der Waals surface area contributed by atoms with E-state index in [1.54, 1.807) is 0 Å². The number of nitrogens with zero attached hydrogens (tertiary/aromatic N) is 1. The van der Waals surface area contributed by atoms with Gasteiger partial charge in [-0.2, -0.15) is 0 Å². The Morgan fingerprint density at radius 3 is 1.68 bits per heavy atom. The smallest absolute Gasteiger partial charge is 0.374 e. The molecular weight excluding hydrogens is 382 g/mol. The van der Waals surface area contributed by atoms with E-state index in [-0.39, 0.29) is 0 Å². The van der Waals surface area contributed by atoms with E-state index in [0.29, 0.717) is 19.8 Å². The lowest BCUT2D eigenvalue weighted by Crippen LogP contribution is -2.53. The van der Waals surface area contributed by atoms with Crippen LogP contribution in [0.4, 0.5) is 0 Å². The molecule has 0 unspecified atom stereocenters. The molecule has 0 fully saturated rings. The van der Waals surface area contributed by atoms with Gasteiger partial charge in [0.2, 0.25) is 0 Å². The SMILES string of the molecule is CCO[Si](CCCN(Cc1ccccc1)[Si](CC)(CC)CC)(OCC)OCC. The van der Waals surface area contributed by atoms with Crippen LogP contribution in [0.5, 0.6) is 0 Å². The molecule has 1 aromatic rings. The molecule has 0 bridgehead atoms. The molecule has 0 spiro atoms. The fourth-order valence-electron chi connectivity index (χ4n) is 4.20. The van der Waals surface area contributed by atoms with Crippen molar-refractivity contribution in [3.63, 3.8) is 0 Å². The van der Waals surface area contributed by atoms with Gasteiger partial charge in [-0.3, -0.25) is 0 Å². The lowest BCUT2D eigenvalue weighted by molar-refractivity contribution is 0.0703. The molecule has 0 saturated heterocycles. The average molecular weight is 426 g/mol. The number of hydrogen-bond donors (Lipinski definition) is 0. The van der Waals surface area contributed by atoms with E-state index in [4.69, 9.17) is 13.3 Å². The van der Waals surface area contributed by atoms with Gasteiger partial charge in [0.25, 0.3) is 0 Å². The summed E-state index contributed by atoms with van der Waals surface area (Å²) in [5.41, 5.74) is 1.41. The van der Waals surface area contributed by atoms with Crippen molar-refractivity contribution in [2.45, 2.75) is 78.7 Å².